The topological polar surface area (TPSA) is 50.4 Å². The van der Waals surface area contributed by atoms with Gasteiger partial charge in [0.15, 0.2) is 0 Å². The minimum absolute atomic E-state index is 0.274. The summed E-state index contributed by atoms with van der Waals surface area (Å²) in [5.74, 6) is 3.54. The Kier molecular flexibility index (Phi) is 6.87. The Bertz CT molecular complexity index is 343. The molecule has 22 heavy (non-hydrogen) atoms. The van der Waals surface area contributed by atoms with Gasteiger partial charge in [-0.25, -0.2) is 4.79 Å². The van der Waals surface area contributed by atoms with Gasteiger partial charge in [-0.15, -0.1) is 0 Å². The lowest BCUT2D eigenvalue weighted by Gasteiger charge is -2.32. The molecule has 0 spiro atoms. The van der Waals surface area contributed by atoms with Gasteiger partial charge in [0.2, 0.25) is 0 Å². The molecular formula is C17H32N2O2S. The summed E-state index contributed by atoms with van der Waals surface area (Å²) in [6.45, 7) is 6.88. The molecule has 2 fully saturated rings. The first-order valence-electron chi connectivity index (χ1n) is 8.73. The number of carbonyl (C=O) groups excluding carboxylic acids is 1. The lowest BCUT2D eigenvalue weighted by molar-refractivity contribution is 0.0489. The van der Waals surface area contributed by atoms with Gasteiger partial charge < -0.3 is 15.4 Å². The van der Waals surface area contributed by atoms with E-state index in [1.165, 1.54) is 30.9 Å². The van der Waals surface area contributed by atoms with E-state index in [-0.39, 0.29) is 12.1 Å². The van der Waals surface area contributed by atoms with Crippen LogP contribution in [0.1, 0.15) is 59.3 Å². The second kappa shape index (κ2) is 8.44. The largest absolute Gasteiger partial charge is 0.444 e. The molecule has 0 bridgehead atoms. The molecule has 2 aliphatic rings. The minimum Gasteiger partial charge on any atom is -0.444 e. The normalized spacial score (nSPS) is 27.4. The second-order valence-electron chi connectivity index (χ2n) is 7.66. The molecule has 1 saturated carbocycles. The number of nitrogens with one attached hydrogen (secondary N) is 2. The SMILES string of the molecule is CC(C)(C)OC(=O)NC1CCC(NCC2CCSCC2)CC1. The summed E-state index contributed by atoms with van der Waals surface area (Å²) in [5.41, 5.74) is -0.416. The highest BCUT2D eigenvalue weighted by Crippen LogP contribution is 2.24. The van der Waals surface area contributed by atoms with Crippen LogP contribution in [0.2, 0.25) is 0 Å². The Balaban J connectivity index is 1.60. The van der Waals surface area contributed by atoms with E-state index in [1.807, 2.05) is 20.8 Å². The van der Waals surface area contributed by atoms with Crippen LogP contribution in [0.15, 0.2) is 0 Å². The number of carbonyl (C=O) groups is 1. The maximum absolute atomic E-state index is 11.8. The lowest BCUT2D eigenvalue weighted by atomic mass is 9.90. The fourth-order valence-corrected chi connectivity index (χ4v) is 4.40. The van der Waals surface area contributed by atoms with Gasteiger partial charge in [0.25, 0.3) is 0 Å². The predicted molar refractivity (Wildman–Crippen MR) is 93.5 cm³/mol. The van der Waals surface area contributed by atoms with Crippen LogP contribution in [0.5, 0.6) is 0 Å². The Labute approximate surface area is 139 Å². The van der Waals surface area contributed by atoms with Crippen LogP contribution in [0.3, 0.4) is 0 Å². The van der Waals surface area contributed by atoms with Crippen LogP contribution in [-0.2, 0) is 4.74 Å². The fourth-order valence-electron chi connectivity index (χ4n) is 3.20. The Morgan fingerprint density at radius 2 is 1.64 bits per heavy atom. The third kappa shape index (κ3) is 6.78. The van der Waals surface area contributed by atoms with Gasteiger partial charge in [-0.2, -0.15) is 11.8 Å². The molecule has 0 unspecified atom stereocenters. The second-order valence-corrected chi connectivity index (χ2v) is 8.88. The number of alkyl carbamates (subject to hydrolysis) is 1. The zero-order valence-corrected chi connectivity index (χ0v) is 15.1. The van der Waals surface area contributed by atoms with Gasteiger partial charge in [0.05, 0.1) is 0 Å². The number of thioether (sulfide) groups is 1. The third-order valence-electron chi connectivity index (χ3n) is 4.48. The Hall–Kier alpha value is -0.420. The zero-order chi connectivity index (χ0) is 16.0. The average molecular weight is 329 g/mol. The predicted octanol–water partition coefficient (Wildman–Crippen LogP) is 3.56. The highest BCUT2D eigenvalue weighted by Gasteiger charge is 2.25. The van der Waals surface area contributed by atoms with Crippen LogP contribution in [0.4, 0.5) is 4.79 Å². The van der Waals surface area contributed by atoms with E-state index in [1.54, 1.807) is 0 Å². The van der Waals surface area contributed by atoms with E-state index in [0.29, 0.717) is 6.04 Å². The standard InChI is InChI=1S/C17H32N2O2S/c1-17(2,3)21-16(20)19-15-6-4-14(5-7-15)18-12-13-8-10-22-11-9-13/h13-15,18H,4-12H2,1-3H3,(H,19,20). The first-order valence-corrected chi connectivity index (χ1v) is 9.88. The lowest BCUT2D eigenvalue weighted by Crippen LogP contribution is -2.44. The third-order valence-corrected chi connectivity index (χ3v) is 5.53. The first kappa shape index (κ1) is 17.9. The molecule has 1 aliphatic carbocycles. The number of hydrogen-bond donors (Lipinski definition) is 2. The monoisotopic (exact) mass is 328 g/mol. The van der Waals surface area contributed by atoms with E-state index in [2.05, 4.69) is 22.4 Å². The van der Waals surface area contributed by atoms with Crippen molar-refractivity contribution >= 4 is 17.9 Å². The maximum Gasteiger partial charge on any atom is 0.407 e. The van der Waals surface area contributed by atoms with Gasteiger partial charge in [0, 0.05) is 12.1 Å². The van der Waals surface area contributed by atoms with Gasteiger partial charge in [-0.05, 0) is 83.3 Å². The fraction of sp³-hybridized carbons (Fsp3) is 0.941. The van der Waals surface area contributed by atoms with Crippen molar-refractivity contribution in [3.05, 3.63) is 0 Å². The van der Waals surface area contributed by atoms with Crippen molar-refractivity contribution in [2.45, 2.75) is 77.0 Å². The smallest absolute Gasteiger partial charge is 0.407 e. The minimum atomic E-state index is -0.416. The molecule has 4 nitrogen and oxygen atoms in total. The molecule has 1 amide bonds. The molecule has 0 aromatic heterocycles. The molecule has 1 aliphatic heterocycles. The van der Waals surface area contributed by atoms with Crippen LogP contribution < -0.4 is 10.6 Å². The molecule has 2 N–H and O–H groups in total. The molecule has 0 atom stereocenters. The maximum atomic E-state index is 11.8. The van der Waals surface area contributed by atoms with E-state index in [4.69, 9.17) is 4.74 Å². The van der Waals surface area contributed by atoms with Crippen LogP contribution in [0.25, 0.3) is 0 Å². The van der Waals surface area contributed by atoms with E-state index in [9.17, 15) is 4.79 Å². The number of ether oxygens (including phenoxy) is 1. The average Bonchev–Trinajstić information content (AvgIpc) is 2.45. The molecule has 2 rings (SSSR count). The van der Waals surface area contributed by atoms with Crippen LogP contribution >= 0.6 is 11.8 Å². The molecule has 0 aromatic carbocycles. The van der Waals surface area contributed by atoms with Gasteiger partial charge >= 0.3 is 6.09 Å². The number of amides is 1. The van der Waals surface area contributed by atoms with Crippen molar-refractivity contribution in [2.75, 3.05) is 18.1 Å². The molecule has 128 valence electrons. The van der Waals surface area contributed by atoms with Crippen molar-refractivity contribution in [3.63, 3.8) is 0 Å². The molecule has 0 aromatic rings. The number of rotatable bonds is 4. The quantitative estimate of drug-likeness (QED) is 0.828. The highest BCUT2D eigenvalue weighted by atomic mass is 32.2. The van der Waals surface area contributed by atoms with Crippen molar-refractivity contribution < 1.29 is 9.53 Å². The first-order chi connectivity index (χ1) is 10.4. The van der Waals surface area contributed by atoms with Crippen LogP contribution in [-0.4, -0.2) is 41.8 Å². The van der Waals surface area contributed by atoms with Crippen molar-refractivity contribution in [1.29, 1.82) is 0 Å². The van der Waals surface area contributed by atoms with Crippen molar-refractivity contribution in [3.8, 4) is 0 Å². The summed E-state index contributed by atoms with van der Waals surface area (Å²) >= 11 is 2.09. The van der Waals surface area contributed by atoms with Crippen molar-refractivity contribution in [2.24, 2.45) is 5.92 Å². The summed E-state index contributed by atoms with van der Waals surface area (Å²) in [4.78, 5) is 11.8. The highest BCUT2D eigenvalue weighted by molar-refractivity contribution is 7.99. The summed E-state index contributed by atoms with van der Waals surface area (Å²) in [6.07, 6.45) is 6.88. The summed E-state index contributed by atoms with van der Waals surface area (Å²) < 4.78 is 5.33. The van der Waals surface area contributed by atoms with Gasteiger partial charge in [0.1, 0.15) is 5.60 Å². The Morgan fingerprint density at radius 3 is 2.23 bits per heavy atom. The number of hydrogen-bond acceptors (Lipinski definition) is 4. The zero-order valence-electron chi connectivity index (χ0n) is 14.3. The molecular weight excluding hydrogens is 296 g/mol. The molecule has 1 heterocycles. The van der Waals surface area contributed by atoms with E-state index in [0.717, 1.165) is 31.6 Å². The molecule has 5 heteroatoms. The molecule has 1 saturated heterocycles. The van der Waals surface area contributed by atoms with E-state index >= 15 is 0 Å². The van der Waals surface area contributed by atoms with Crippen LogP contribution in [0, 0.1) is 5.92 Å². The Morgan fingerprint density at radius 1 is 1.05 bits per heavy atom. The van der Waals surface area contributed by atoms with Gasteiger partial charge in [-0.3, -0.25) is 0 Å². The van der Waals surface area contributed by atoms with Crippen molar-refractivity contribution in [1.82, 2.24) is 10.6 Å². The molecule has 0 radical (unpaired) electrons. The van der Waals surface area contributed by atoms with Gasteiger partial charge in [-0.1, -0.05) is 0 Å². The van der Waals surface area contributed by atoms with E-state index < -0.39 is 5.60 Å². The summed E-state index contributed by atoms with van der Waals surface area (Å²) in [6, 6.07) is 0.908. The summed E-state index contributed by atoms with van der Waals surface area (Å²) in [5, 5.41) is 6.76. The summed E-state index contributed by atoms with van der Waals surface area (Å²) in [7, 11) is 0.